The number of furan rings is 1. The number of guanidine groups is 1. The molecule has 2 aromatic rings. The minimum Gasteiger partial charge on any atom is -0.469 e. The van der Waals surface area contributed by atoms with Crippen molar-refractivity contribution in [2.45, 2.75) is 37.9 Å². The monoisotopic (exact) mass is 375 g/mol. The molecule has 1 aliphatic rings. The zero-order valence-electron chi connectivity index (χ0n) is 16.0. The molecule has 2 unspecified atom stereocenters. The lowest BCUT2D eigenvalue weighted by molar-refractivity contribution is 0.0671. The van der Waals surface area contributed by atoms with Gasteiger partial charge in [0.2, 0.25) is 0 Å². The molecule has 1 saturated heterocycles. The van der Waals surface area contributed by atoms with Crippen LogP contribution in [-0.2, 0) is 23.8 Å². The van der Waals surface area contributed by atoms with Crippen LogP contribution in [0.5, 0.6) is 0 Å². The number of nitrogens with one attached hydrogen (secondary N) is 2. The summed E-state index contributed by atoms with van der Waals surface area (Å²) in [6.07, 6.45) is 8.26. The van der Waals surface area contributed by atoms with Crippen molar-refractivity contribution in [3.05, 3.63) is 42.1 Å². The van der Waals surface area contributed by atoms with Crippen LogP contribution in [-0.4, -0.2) is 53.2 Å². The van der Waals surface area contributed by atoms with Crippen molar-refractivity contribution in [3.8, 4) is 0 Å². The molecule has 0 aromatic carbocycles. The SMILES string of the molecule is Cn1cc(C(C)(O)CN=C(NCCc2ccco2)NCC2CCCO2)cn1. The first-order chi connectivity index (χ1) is 13.0. The second kappa shape index (κ2) is 9.05. The molecule has 0 radical (unpaired) electrons. The summed E-state index contributed by atoms with van der Waals surface area (Å²) in [6, 6.07) is 3.83. The van der Waals surface area contributed by atoms with Gasteiger partial charge in [-0.2, -0.15) is 5.10 Å². The van der Waals surface area contributed by atoms with Crippen molar-refractivity contribution in [3.63, 3.8) is 0 Å². The van der Waals surface area contributed by atoms with Crippen LogP contribution in [0.3, 0.4) is 0 Å². The molecule has 1 aliphatic heterocycles. The molecule has 0 bridgehead atoms. The molecule has 3 rings (SSSR count). The Labute approximate surface area is 159 Å². The third-order valence-corrected chi connectivity index (χ3v) is 4.64. The fourth-order valence-corrected chi connectivity index (χ4v) is 2.97. The number of ether oxygens (including phenoxy) is 1. The molecule has 1 fully saturated rings. The van der Waals surface area contributed by atoms with Crippen LogP contribution in [0, 0.1) is 0 Å². The number of aliphatic hydroxyl groups is 1. The van der Waals surface area contributed by atoms with Crippen molar-refractivity contribution in [2.24, 2.45) is 12.0 Å². The Kier molecular flexibility index (Phi) is 6.52. The van der Waals surface area contributed by atoms with Gasteiger partial charge in [-0.15, -0.1) is 0 Å². The zero-order chi connectivity index (χ0) is 19.1. The first kappa shape index (κ1) is 19.4. The van der Waals surface area contributed by atoms with Crippen molar-refractivity contribution in [2.75, 3.05) is 26.2 Å². The third-order valence-electron chi connectivity index (χ3n) is 4.64. The number of hydrogen-bond donors (Lipinski definition) is 3. The smallest absolute Gasteiger partial charge is 0.191 e. The van der Waals surface area contributed by atoms with E-state index in [1.54, 1.807) is 30.3 Å². The highest BCUT2D eigenvalue weighted by Gasteiger charge is 2.25. The molecular weight excluding hydrogens is 346 g/mol. The maximum absolute atomic E-state index is 10.7. The summed E-state index contributed by atoms with van der Waals surface area (Å²) in [5.74, 6) is 1.57. The molecule has 27 heavy (non-hydrogen) atoms. The third kappa shape index (κ3) is 5.83. The van der Waals surface area contributed by atoms with Gasteiger partial charge in [0.15, 0.2) is 5.96 Å². The van der Waals surface area contributed by atoms with E-state index in [1.807, 2.05) is 19.2 Å². The summed E-state index contributed by atoms with van der Waals surface area (Å²) in [5, 5.41) is 21.5. The molecule has 148 valence electrons. The van der Waals surface area contributed by atoms with Crippen LogP contribution in [0.15, 0.2) is 40.2 Å². The van der Waals surface area contributed by atoms with Crippen LogP contribution in [0.25, 0.3) is 0 Å². The Morgan fingerprint density at radius 3 is 3.04 bits per heavy atom. The highest BCUT2D eigenvalue weighted by atomic mass is 16.5. The quantitative estimate of drug-likeness (QED) is 0.474. The molecule has 3 heterocycles. The molecule has 0 saturated carbocycles. The number of hydrogen-bond acceptors (Lipinski definition) is 5. The standard InChI is InChI=1S/C19H29N5O3/c1-19(25,15-11-23-24(2)13-15)14-22-18(21-12-17-6-4-10-27-17)20-8-7-16-5-3-9-26-16/h3,5,9,11,13,17,25H,4,6-8,10,12,14H2,1-2H3,(H2,20,21,22). The van der Waals surface area contributed by atoms with Gasteiger partial charge in [0.25, 0.3) is 0 Å². The molecule has 0 amide bonds. The lowest BCUT2D eigenvalue weighted by Crippen LogP contribution is -2.42. The summed E-state index contributed by atoms with van der Waals surface area (Å²) >= 11 is 0. The average molecular weight is 375 g/mol. The van der Waals surface area contributed by atoms with E-state index in [2.05, 4.69) is 20.7 Å². The van der Waals surface area contributed by atoms with Crippen LogP contribution < -0.4 is 10.6 Å². The lowest BCUT2D eigenvalue weighted by Gasteiger charge is -2.21. The van der Waals surface area contributed by atoms with Gasteiger partial charge in [-0.25, -0.2) is 4.99 Å². The molecule has 0 spiro atoms. The molecule has 2 atom stereocenters. The summed E-state index contributed by atoms with van der Waals surface area (Å²) in [5.41, 5.74) is -0.351. The number of nitrogens with zero attached hydrogens (tertiary/aromatic N) is 3. The normalized spacial score (nSPS) is 19.8. The summed E-state index contributed by atoms with van der Waals surface area (Å²) < 4.78 is 12.7. The minimum atomic E-state index is -1.09. The van der Waals surface area contributed by atoms with Gasteiger partial charge < -0.3 is 24.9 Å². The number of aliphatic imine (C=N–C) groups is 1. The van der Waals surface area contributed by atoms with Crippen molar-refractivity contribution < 1.29 is 14.3 Å². The maximum atomic E-state index is 10.7. The van der Waals surface area contributed by atoms with Gasteiger partial charge in [0, 0.05) is 44.9 Å². The van der Waals surface area contributed by atoms with E-state index in [1.165, 1.54) is 0 Å². The first-order valence-corrected chi connectivity index (χ1v) is 9.40. The van der Waals surface area contributed by atoms with Crippen LogP contribution in [0.1, 0.15) is 31.1 Å². The Hall–Kier alpha value is -2.32. The summed E-state index contributed by atoms with van der Waals surface area (Å²) in [4.78, 5) is 4.58. The second-order valence-electron chi connectivity index (χ2n) is 7.11. The largest absolute Gasteiger partial charge is 0.469 e. The predicted molar refractivity (Wildman–Crippen MR) is 102 cm³/mol. The topological polar surface area (TPSA) is 96.8 Å². The van der Waals surface area contributed by atoms with E-state index in [0.29, 0.717) is 19.0 Å². The van der Waals surface area contributed by atoms with Crippen molar-refractivity contribution >= 4 is 5.96 Å². The molecule has 3 N–H and O–H groups in total. The summed E-state index contributed by atoms with van der Waals surface area (Å²) in [6.45, 7) is 4.16. The van der Waals surface area contributed by atoms with Gasteiger partial charge in [-0.1, -0.05) is 0 Å². The van der Waals surface area contributed by atoms with E-state index < -0.39 is 5.60 Å². The first-order valence-electron chi connectivity index (χ1n) is 9.40. The van der Waals surface area contributed by atoms with Crippen LogP contribution in [0.2, 0.25) is 0 Å². The van der Waals surface area contributed by atoms with E-state index in [9.17, 15) is 5.11 Å². The molecule has 0 aliphatic carbocycles. The van der Waals surface area contributed by atoms with E-state index in [4.69, 9.17) is 9.15 Å². The molecule has 8 heteroatoms. The molecular formula is C19H29N5O3. The van der Waals surface area contributed by atoms with Crippen LogP contribution >= 0.6 is 0 Å². The highest BCUT2D eigenvalue weighted by Crippen LogP contribution is 2.19. The number of aromatic nitrogens is 2. The molecule has 2 aromatic heterocycles. The van der Waals surface area contributed by atoms with E-state index in [-0.39, 0.29) is 12.6 Å². The molecule has 8 nitrogen and oxygen atoms in total. The summed E-state index contributed by atoms with van der Waals surface area (Å²) in [7, 11) is 1.83. The lowest BCUT2D eigenvalue weighted by atomic mass is 10.0. The van der Waals surface area contributed by atoms with Gasteiger partial charge in [0.05, 0.1) is 25.1 Å². The van der Waals surface area contributed by atoms with E-state index >= 15 is 0 Å². The Morgan fingerprint density at radius 1 is 1.48 bits per heavy atom. The fourth-order valence-electron chi connectivity index (χ4n) is 2.97. The Balaban J connectivity index is 1.58. The maximum Gasteiger partial charge on any atom is 0.191 e. The number of rotatable bonds is 8. The zero-order valence-corrected chi connectivity index (χ0v) is 16.0. The predicted octanol–water partition coefficient (Wildman–Crippen LogP) is 1.18. The number of aryl methyl sites for hydroxylation is 1. The van der Waals surface area contributed by atoms with Crippen LogP contribution in [0.4, 0.5) is 0 Å². The Morgan fingerprint density at radius 2 is 2.37 bits per heavy atom. The Bertz CT molecular complexity index is 718. The van der Waals surface area contributed by atoms with E-state index in [0.717, 1.165) is 37.2 Å². The van der Waals surface area contributed by atoms with Crippen molar-refractivity contribution in [1.82, 2.24) is 20.4 Å². The van der Waals surface area contributed by atoms with Crippen molar-refractivity contribution in [1.29, 1.82) is 0 Å². The second-order valence-corrected chi connectivity index (χ2v) is 7.11. The highest BCUT2D eigenvalue weighted by molar-refractivity contribution is 5.79. The fraction of sp³-hybridized carbons (Fsp3) is 0.579. The minimum absolute atomic E-state index is 0.209. The van der Waals surface area contributed by atoms with Gasteiger partial charge in [-0.3, -0.25) is 4.68 Å². The van der Waals surface area contributed by atoms with Gasteiger partial charge in [0.1, 0.15) is 11.4 Å². The van der Waals surface area contributed by atoms with Gasteiger partial charge >= 0.3 is 0 Å². The average Bonchev–Trinajstić information content (AvgIpc) is 3.39. The van der Waals surface area contributed by atoms with Gasteiger partial charge in [-0.05, 0) is 31.9 Å².